The molecule has 7 nitrogen and oxygen atoms in total. The smallest absolute Gasteiger partial charge is 0.261 e. The number of hydrogen-bond acceptors (Lipinski definition) is 4. The first kappa shape index (κ1) is 22.9. The minimum atomic E-state index is -3.80. The Morgan fingerprint density at radius 3 is 2.31 bits per heavy atom. The number of nitrogens with one attached hydrogen (secondary N) is 3. The molecule has 1 unspecified atom stereocenters. The molecule has 0 aliphatic heterocycles. The predicted octanol–water partition coefficient (Wildman–Crippen LogP) is 3.14. The highest BCUT2D eigenvalue weighted by molar-refractivity contribution is 9.10. The van der Waals surface area contributed by atoms with E-state index in [0.717, 1.165) is 4.47 Å². The average molecular weight is 482 g/mol. The van der Waals surface area contributed by atoms with Gasteiger partial charge in [0.05, 0.1) is 4.90 Å². The van der Waals surface area contributed by atoms with E-state index in [2.05, 4.69) is 31.3 Å². The topological polar surface area (TPSA) is 104 Å². The van der Waals surface area contributed by atoms with Crippen molar-refractivity contribution < 1.29 is 18.0 Å². The number of carbonyl (C=O) groups excluding carboxylic acids is 2. The number of halogens is 1. The summed E-state index contributed by atoms with van der Waals surface area (Å²) in [6, 6.07) is 11.7. The van der Waals surface area contributed by atoms with Gasteiger partial charge in [0.15, 0.2) is 0 Å². The maximum atomic E-state index is 12.6. The van der Waals surface area contributed by atoms with Crippen molar-refractivity contribution in [2.45, 2.75) is 31.2 Å². The fraction of sp³-hybridized carbons (Fsp3) is 0.300. The molecule has 2 rings (SSSR count). The monoisotopic (exact) mass is 481 g/mol. The lowest BCUT2D eigenvalue weighted by atomic mass is 10.0. The summed E-state index contributed by atoms with van der Waals surface area (Å²) in [5.74, 6) is -0.523. The molecule has 3 N–H and O–H groups in total. The molecular weight excluding hydrogens is 458 g/mol. The van der Waals surface area contributed by atoms with Crippen molar-refractivity contribution in [3.05, 3.63) is 58.6 Å². The third-order valence-corrected chi connectivity index (χ3v) is 6.00. The molecular formula is C20H24BrN3O4S. The van der Waals surface area contributed by atoms with Crippen molar-refractivity contribution in [3.63, 3.8) is 0 Å². The van der Waals surface area contributed by atoms with Crippen LogP contribution in [0.5, 0.6) is 0 Å². The van der Waals surface area contributed by atoms with Gasteiger partial charge in [-0.15, -0.1) is 0 Å². The number of sulfonamides is 1. The molecule has 0 radical (unpaired) electrons. The lowest BCUT2D eigenvalue weighted by molar-refractivity contribution is -0.122. The van der Waals surface area contributed by atoms with Crippen LogP contribution in [0.4, 0.5) is 5.69 Å². The second-order valence-corrected chi connectivity index (χ2v) is 9.51. The number of benzene rings is 2. The van der Waals surface area contributed by atoms with Crippen LogP contribution in [-0.4, -0.2) is 33.3 Å². The number of anilines is 1. The number of amides is 2. The minimum absolute atomic E-state index is 0.104. The summed E-state index contributed by atoms with van der Waals surface area (Å²) >= 11 is 3.27. The van der Waals surface area contributed by atoms with Gasteiger partial charge in [0.2, 0.25) is 5.91 Å². The van der Waals surface area contributed by atoms with Crippen molar-refractivity contribution in [1.29, 1.82) is 0 Å². The summed E-state index contributed by atoms with van der Waals surface area (Å²) in [6.45, 7) is 3.92. The molecule has 0 saturated heterocycles. The Morgan fingerprint density at radius 1 is 1.07 bits per heavy atom. The Morgan fingerprint density at radius 2 is 1.72 bits per heavy atom. The van der Waals surface area contributed by atoms with Crippen molar-refractivity contribution in [1.82, 2.24) is 10.6 Å². The van der Waals surface area contributed by atoms with E-state index in [0.29, 0.717) is 6.42 Å². The molecule has 0 bridgehead atoms. The molecule has 2 amide bonds. The summed E-state index contributed by atoms with van der Waals surface area (Å²) in [4.78, 5) is 24.7. The highest BCUT2D eigenvalue weighted by atomic mass is 79.9. The van der Waals surface area contributed by atoms with E-state index in [-0.39, 0.29) is 28.0 Å². The Labute approximate surface area is 179 Å². The largest absolute Gasteiger partial charge is 0.357 e. The maximum absolute atomic E-state index is 12.6. The number of rotatable bonds is 8. The van der Waals surface area contributed by atoms with E-state index >= 15 is 0 Å². The van der Waals surface area contributed by atoms with Crippen molar-refractivity contribution in [2.75, 3.05) is 11.8 Å². The van der Waals surface area contributed by atoms with Crippen molar-refractivity contribution in [2.24, 2.45) is 5.92 Å². The Bertz CT molecular complexity index is 975. The van der Waals surface area contributed by atoms with Gasteiger partial charge in [0, 0.05) is 22.8 Å². The van der Waals surface area contributed by atoms with Gasteiger partial charge < -0.3 is 10.6 Å². The summed E-state index contributed by atoms with van der Waals surface area (Å²) in [5.41, 5.74) is 0.500. The maximum Gasteiger partial charge on any atom is 0.261 e. The molecule has 1 atom stereocenters. The molecule has 0 saturated carbocycles. The van der Waals surface area contributed by atoms with Crippen LogP contribution in [-0.2, 0) is 14.8 Å². The molecule has 0 heterocycles. The SMILES string of the molecule is CNC(=O)C(CC(C)C)NC(=O)c1cccc(NS(=O)(=O)c2ccc(Br)cc2)c1. The summed E-state index contributed by atoms with van der Waals surface area (Å²) in [7, 11) is -2.28. The quantitative estimate of drug-likeness (QED) is 0.538. The normalized spacial score (nSPS) is 12.3. The van der Waals surface area contributed by atoms with Crippen LogP contribution in [0.25, 0.3) is 0 Å². The second kappa shape index (κ2) is 9.89. The van der Waals surface area contributed by atoms with Crippen molar-refractivity contribution in [3.8, 4) is 0 Å². The van der Waals surface area contributed by atoms with E-state index in [9.17, 15) is 18.0 Å². The number of carbonyl (C=O) groups is 2. The lowest BCUT2D eigenvalue weighted by Gasteiger charge is -2.19. The fourth-order valence-corrected chi connectivity index (χ4v) is 3.98. The first-order valence-electron chi connectivity index (χ1n) is 9.03. The van der Waals surface area contributed by atoms with Crippen LogP contribution in [0.1, 0.15) is 30.6 Å². The molecule has 2 aromatic rings. The predicted molar refractivity (Wildman–Crippen MR) is 116 cm³/mol. The van der Waals surface area contributed by atoms with Crippen LogP contribution >= 0.6 is 15.9 Å². The summed E-state index contributed by atoms with van der Waals surface area (Å²) < 4.78 is 28.3. The average Bonchev–Trinajstić information content (AvgIpc) is 2.66. The van der Waals surface area contributed by atoms with Crippen molar-refractivity contribution >= 4 is 43.5 Å². The van der Waals surface area contributed by atoms with E-state index < -0.39 is 22.0 Å². The highest BCUT2D eigenvalue weighted by Crippen LogP contribution is 2.19. The summed E-state index contributed by atoms with van der Waals surface area (Å²) in [5, 5.41) is 5.25. The molecule has 29 heavy (non-hydrogen) atoms. The first-order chi connectivity index (χ1) is 13.6. The zero-order valence-electron chi connectivity index (χ0n) is 16.4. The van der Waals surface area contributed by atoms with E-state index in [1.165, 1.54) is 25.2 Å². The fourth-order valence-electron chi connectivity index (χ4n) is 2.67. The minimum Gasteiger partial charge on any atom is -0.357 e. The van der Waals surface area contributed by atoms with Gasteiger partial charge in [-0.2, -0.15) is 0 Å². The van der Waals surface area contributed by atoms with Gasteiger partial charge >= 0.3 is 0 Å². The Kier molecular flexibility index (Phi) is 7.80. The first-order valence-corrected chi connectivity index (χ1v) is 11.3. The number of hydrogen-bond donors (Lipinski definition) is 3. The van der Waals surface area contributed by atoms with E-state index in [4.69, 9.17) is 0 Å². The van der Waals surface area contributed by atoms with Crippen LogP contribution in [0.2, 0.25) is 0 Å². The molecule has 0 aromatic heterocycles. The second-order valence-electron chi connectivity index (χ2n) is 6.91. The van der Waals surface area contributed by atoms with E-state index in [1.807, 2.05) is 13.8 Å². The highest BCUT2D eigenvalue weighted by Gasteiger charge is 2.22. The molecule has 9 heteroatoms. The Balaban J connectivity index is 2.18. The zero-order chi connectivity index (χ0) is 21.6. The van der Waals surface area contributed by atoms with Gasteiger partial charge in [-0.3, -0.25) is 14.3 Å². The van der Waals surface area contributed by atoms with Gasteiger partial charge in [-0.1, -0.05) is 35.8 Å². The van der Waals surface area contributed by atoms with Crippen LogP contribution in [0, 0.1) is 5.92 Å². The van der Waals surface area contributed by atoms with Crippen LogP contribution < -0.4 is 15.4 Å². The third kappa shape index (κ3) is 6.57. The molecule has 0 aliphatic carbocycles. The van der Waals surface area contributed by atoms with Gasteiger partial charge in [0.1, 0.15) is 6.04 Å². The number of likely N-dealkylation sites (N-methyl/N-ethyl adjacent to an activating group) is 1. The van der Waals surface area contributed by atoms with Gasteiger partial charge in [0.25, 0.3) is 15.9 Å². The lowest BCUT2D eigenvalue weighted by Crippen LogP contribution is -2.46. The van der Waals surface area contributed by atoms with Crippen LogP contribution in [0.3, 0.4) is 0 Å². The Hall–Kier alpha value is -2.39. The summed E-state index contributed by atoms with van der Waals surface area (Å²) in [6.07, 6.45) is 0.487. The molecule has 0 spiro atoms. The molecule has 2 aromatic carbocycles. The van der Waals surface area contributed by atoms with E-state index in [1.54, 1.807) is 30.3 Å². The molecule has 0 aliphatic rings. The molecule has 156 valence electrons. The standard InChI is InChI=1S/C20H24BrN3O4S/c1-13(2)11-18(20(26)22-3)23-19(25)14-5-4-6-16(12-14)24-29(27,28)17-9-7-15(21)8-10-17/h4-10,12-13,18,24H,11H2,1-3H3,(H,22,26)(H,23,25). The van der Waals surface area contributed by atoms with Crippen LogP contribution in [0.15, 0.2) is 57.9 Å². The van der Waals surface area contributed by atoms with Gasteiger partial charge in [-0.05, 0) is 54.8 Å². The molecule has 0 fully saturated rings. The van der Waals surface area contributed by atoms with Gasteiger partial charge in [-0.25, -0.2) is 8.42 Å². The third-order valence-electron chi connectivity index (χ3n) is 4.08. The zero-order valence-corrected chi connectivity index (χ0v) is 18.8.